The maximum absolute atomic E-state index is 11.0. The molecule has 0 aromatic carbocycles. The van der Waals surface area contributed by atoms with Crippen LogP contribution in [0.4, 0.5) is 0 Å². The van der Waals surface area contributed by atoms with Crippen molar-refractivity contribution in [3.63, 3.8) is 0 Å². The first-order valence-corrected chi connectivity index (χ1v) is 6.42. The molecule has 0 heterocycles. The molecule has 1 N–H and O–H groups in total. The molecule has 0 atom stereocenters. The lowest BCUT2D eigenvalue weighted by molar-refractivity contribution is -0.141. The lowest BCUT2D eigenvalue weighted by Gasteiger charge is -2.22. The van der Waals surface area contributed by atoms with Gasteiger partial charge in [-0.05, 0) is 6.92 Å². The molecule has 0 aliphatic carbocycles. The fraction of sp³-hybridized carbons (Fsp3) is 0.545. The van der Waals surface area contributed by atoms with Gasteiger partial charge in [-0.1, -0.05) is 20.4 Å². The van der Waals surface area contributed by atoms with Gasteiger partial charge in [-0.15, -0.1) is 13.2 Å². The van der Waals surface area contributed by atoms with E-state index in [0.29, 0.717) is 0 Å². The van der Waals surface area contributed by atoms with Crippen molar-refractivity contribution in [2.24, 2.45) is 5.41 Å². The molecule has 0 saturated heterocycles. The van der Waals surface area contributed by atoms with Crippen molar-refractivity contribution in [2.75, 3.05) is 12.4 Å². The van der Waals surface area contributed by atoms with Crippen molar-refractivity contribution in [1.29, 1.82) is 0 Å². The quantitative estimate of drug-likeness (QED) is 0.354. The predicted octanol–water partition coefficient (Wildman–Crippen LogP) is 1.82. The van der Waals surface area contributed by atoms with E-state index in [0.717, 1.165) is 0 Å². The van der Waals surface area contributed by atoms with Crippen LogP contribution >= 0.6 is 0 Å². The highest BCUT2D eigenvalue weighted by Gasteiger charge is 2.26. The molecular weight excluding hydrogens is 244 g/mol. The molecule has 0 rings (SSSR count). The Labute approximate surface area is 103 Å². The summed E-state index contributed by atoms with van der Waals surface area (Å²) in [6.45, 7) is 14.0. The molecule has 17 heavy (non-hydrogen) atoms. The summed E-state index contributed by atoms with van der Waals surface area (Å²) in [7, 11) is -4.06. The third-order valence-electron chi connectivity index (χ3n) is 1.52. The second kappa shape index (κ2) is 7.24. The first kappa shape index (κ1) is 18.2. The van der Waals surface area contributed by atoms with E-state index >= 15 is 0 Å². The number of hydrogen-bond donors (Lipinski definition) is 1. The minimum atomic E-state index is -4.06. The fourth-order valence-corrected chi connectivity index (χ4v) is 1.99. The van der Waals surface area contributed by atoms with Gasteiger partial charge < -0.3 is 4.74 Å². The lowest BCUT2D eigenvalue weighted by atomic mass is 9.98. The van der Waals surface area contributed by atoms with Gasteiger partial charge in [0.05, 0.1) is 12.4 Å². The number of carbonyl (C=O) groups excluding carboxylic acids is 1. The van der Waals surface area contributed by atoms with Crippen LogP contribution < -0.4 is 0 Å². The van der Waals surface area contributed by atoms with Gasteiger partial charge in [0.1, 0.15) is 0 Å². The van der Waals surface area contributed by atoms with Gasteiger partial charge >= 0.3 is 5.97 Å². The van der Waals surface area contributed by atoms with Crippen LogP contribution in [0.15, 0.2) is 25.3 Å². The second-order valence-electron chi connectivity index (χ2n) is 4.25. The van der Waals surface area contributed by atoms with E-state index in [-0.39, 0.29) is 12.2 Å². The molecule has 100 valence electrons. The first-order valence-electron chi connectivity index (χ1n) is 4.81. The largest absolute Gasteiger partial charge is 0.462 e. The topological polar surface area (TPSA) is 80.7 Å². The van der Waals surface area contributed by atoms with E-state index in [1.54, 1.807) is 13.8 Å². The molecule has 0 amide bonds. The van der Waals surface area contributed by atoms with Crippen molar-refractivity contribution in [3.05, 3.63) is 25.3 Å². The Balaban J connectivity index is 0. The Kier molecular flexibility index (Phi) is 7.76. The second-order valence-corrected chi connectivity index (χ2v) is 5.70. The average Bonchev–Trinajstić information content (AvgIpc) is 2.13. The van der Waals surface area contributed by atoms with Gasteiger partial charge in [0.2, 0.25) is 0 Å². The zero-order valence-corrected chi connectivity index (χ0v) is 11.3. The third-order valence-corrected chi connectivity index (χ3v) is 2.66. The summed E-state index contributed by atoms with van der Waals surface area (Å²) in [5.41, 5.74) is -0.573. The number of hydrogen-bond acceptors (Lipinski definition) is 4. The van der Waals surface area contributed by atoms with Gasteiger partial charge in [0.15, 0.2) is 0 Å². The highest BCUT2D eigenvalue weighted by atomic mass is 32.2. The van der Waals surface area contributed by atoms with Gasteiger partial charge in [-0.2, -0.15) is 8.42 Å². The zero-order valence-electron chi connectivity index (χ0n) is 10.5. The molecule has 0 unspecified atom stereocenters. The zero-order chi connectivity index (χ0) is 14.3. The molecule has 5 nitrogen and oxygen atoms in total. The Morgan fingerprint density at radius 1 is 1.35 bits per heavy atom. The van der Waals surface area contributed by atoms with Crippen molar-refractivity contribution >= 4 is 16.1 Å². The highest BCUT2D eigenvalue weighted by Crippen LogP contribution is 2.18. The number of ether oxygens (including phenoxy) is 1. The smallest absolute Gasteiger partial charge is 0.333 e. The molecule has 0 aromatic heterocycles. The summed E-state index contributed by atoms with van der Waals surface area (Å²) in [5.74, 6) is -1.03. The lowest BCUT2D eigenvalue weighted by Crippen LogP contribution is -2.30. The predicted molar refractivity (Wildman–Crippen MR) is 67.2 cm³/mol. The molecule has 0 aliphatic heterocycles. The minimum absolute atomic E-state index is 0.0848. The SMILES string of the molecule is C=C.C=C(C)C(=O)OCC(C)(C)CS(=O)(=O)O. The summed E-state index contributed by atoms with van der Waals surface area (Å²) in [6.07, 6.45) is 0. The summed E-state index contributed by atoms with van der Waals surface area (Å²) >= 11 is 0. The van der Waals surface area contributed by atoms with Gasteiger partial charge in [0, 0.05) is 11.0 Å². The van der Waals surface area contributed by atoms with E-state index in [2.05, 4.69) is 19.7 Å². The Morgan fingerprint density at radius 2 is 1.76 bits per heavy atom. The van der Waals surface area contributed by atoms with Crippen LogP contribution in [0, 0.1) is 5.41 Å². The van der Waals surface area contributed by atoms with Crippen LogP contribution in [0.5, 0.6) is 0 Å². The monoisotopic (exact) mass is 264 g/mol. The van der Waals surface area contributed by atoms with Crippen molar-refractivity contribution in [2.45, 2.75) is 20.8 Å². The summed E-state index contributed by atoms with van der Waals surface area (Å²) in [4.78, 5) is 11.0. The van der Waals surface area contributed by atoms with Crippen LogP contribution in [0.25, 0.3) is 0 Å². The van der Waals surface area contributed by atoms with Gasteiger partial charge in [-0.3, -0.25) is 4.55 Å². The van der Waals surface area contributed by atoms with Crippen LogP contribution in [0.1, 0.15) is 20.8 Å². The Morgan fingerprint density at radius 3 is 2.06 bits per heavy atom. The van der Waals surface area contributed by atoms with Crippen LogP contribution in [-0.4, -0.2) is 31.3 Å². The number of rotatable bonds is 5. The van der Waals surface area contributed by atoms with E-state index in [1.807, 2.05) is 0 Å². The first-order chi connectivity index (χ1) is 7.53. The van der Waals surface area contributed by atoms with Crippen LogP contribution in [0.3, 0.4) is 0 Å². The fourth-order valence-electron chi connectivity index (χ4n) is 0.920. The molecule has 0 aliphatic rings. The maximum atomic E-state index is 11.0. The third kappa shape index (κ3) is 11.1. The van der Waals surface area contributed by atoms with Crippen molar-refractivity contribution < 1.29 is 22.5 Å². The van der Waals surface area contributed by atoms with Crippen LogP contribution in [0.2, 0.25) is 0 Å². The molecule has 0 aromatic rings. The summed E-state index contributed by atoms with van der Waals surface area (Å²) < 4.78 is 34.7. The average molecular weight is 264 g/mol. The number of esters is 1. The number of carbonyl (C=O) groups is 1. The molecule has 0 saturated carbocycles. The standard InChI is InChI=1S/C9H16O5S.C2H4/c1-7(2)8(10)14-5-9(3,4)6-15(11,12)13;1-2/h1,5-6H2,2-4H3,(H,11,12,13);1-2H2. The van der Waals surface area contributed by atoms with E-state index < -0.39 is 27.3 Å². The highest BCUT2D eigenvalue weighted by molar-refractivity contribution is 7.85. The Hall–Kier alpha value is -1.14. The van der Waals surface area contributed by atoms with E-state index in [4.69, 9.17) is 9.29 Å². The minimum Gasteiger partial charge on any atom is -0.462 e. The van der Waals surface area contributed by atoms with E-state index in [9.17, 15) is 13.2 Å². The summed E-state index contributed by atoms with van der Waals surface area (Å²) in [5, 5.41) is 0. The van der Waals surface area contributed by atoms with Crippen molar-refractivity contribution in [1.82, 2.24) is 0 Å². The molecular formula is C11H20O5S. The molecule has 6 heteroatoms. The van der Waals surface area contributed by atoms with E-state index in [1.165, 1.54) is 6.92 Å². The molecule has 0 fully saturated rings. The van der Waals surface area contributed by atoms with Crippen molar-refractivity contribution in [3.8, 4) is 0 Å². The van der Waals surface area contributed by atoms with Gasteiger partial charge in [0.25, 0.3) is 10.1 Å². The molecule has 0 spiro atoms. The molecule has 0 radical (unpaired) electrons. The normalized spacial score (nSPS) is 11.1. The summed E-state index contributed by atoms with van der Waals surface area (Å²) in [6, 6.07) is 0. The van der Waals surface area contributed by atoms with Crippen LogP contribution in [-0.2, 0) is 19.6 Å². The Bertz CT molecular complexity index is 367. The maximum Gasteiger partial charge on any atom is 0.333 e. The van der Waals surface area contributed by atoms with Gasteiger partial charge in [-0.25, -0.2) is 4.79 Å². The molecule has 0 bridgehead atoms.